The number of halogens is 2. The maximum atomic E-state index is 16.0. The molecule has 0 amide bonds. The lowest BCUT2D eigenvalue weighted by molar-refractivity contribution is -0.0564. The number of nitrogens with two attached hydrogens (primary N) is 2. The quantitative estimate of drug-likeness (QED) is 0.196. The number of rotatable bonds is 2. The van der Waals surface area contributed by atoms with Gasteiger partial charge in [0.2, 0.25) is 0 Å². The second-order valence-electron chi connectivity index (χ2n) is 9.83. The fraction of sp³-hybridized carbons (Fsp3) is 0.500. The first-order valence-corrected chi connectivity index (χ1v) is 17.8. The van der Waals surface area contributed by atoms with Gasteiger partial charge >= 0.3 is 6.72 Å². The van der Waals surface area contributed by atoms with E-state index < -0.39 is 75.9 Å². The number of fused-ring (bicyclic) bond motifs is 4. The third kappa shape index (κ3) is 5.26. The smallest absolute Gasteiger partial charge is 0.325 e. The third-order valence-electron chi connectivity index (χ3n) is 7.16. The number of imidazole rings is 2. The number of alkyl halides is 2. The minimum atomic E-state index is -4.49. The van der Waals surface area contributed by atoms with Crippen molar-refractivity contribution in [2.24, 2.45) is 0 Å². The number of aromatic nitrogens is 8. The Labute approximate surface area is 255 Å². The molecule has 236 valence electrons. The molecule has 3 aliphatic heterocycles. The summed E-state index contributed by atoms with van der Waals surface area (Å²) >= 11 is 10.2. The van der Waals surface area contributed by atoms with Gasteiger partial charge in [0.25, 0.3) is 0 Å². The van der Waals surface area contributed by atoms with Gasteiger partial charge in [0.05, 0.1) is 25.9 Å². The monoisotopic (exact) mass is 693 g/mol. The zero-order chi connectivity index (χ0) is 31.0. The second-order valence-corrected chi connectivity index (χ2v) is 15.3. The van der Waals surface area contributed by atoms with Crippen molar-refractivity contribution < 1.29 is 45.8 Å². The average Bonchev–Trinajstić information content (AvgIpc) is 3.73. The molecule has 18 nitrogen and oxygen atoms in total. The van der Waals surface area contributed by atoms with Gasteiger partial charge in [-0.2, -0.15) is 0 Å². The number of nitrogen functional groups attached to an aromatic ring is 2. The highest BCUT2D eigenvalue weighted by Gasteiger charge is 2.53. The predicted molar refractivity (Wildman–Crippen MR) is 150 cm³/mol. The third-order valence-corrected chi connectivity index (χ3v) is 10.3. The maximum absolute atomic E-state index is 16.0. The lowest BCUT2D eigenvalue weighted by Crippen LogP contribution is -2.37. The minimum absolute atomic E-state index is 0.0506. The Bertz CT molecular complexity index is 1710. The molecule has 7 rings (SSSR count). The van der Waals surface area contributed by atoms with Gasteiger partial charge in [0.15, 0.2) is 54.5 Å². The van der Waals surface area contributed by atoms with Crippen molar-refractivity contribution in [2.45, 2.75) is 49.2 Å². The second kappa shape index (κ2) is 11.1. The molecular formula is C20H21F2N10O8P2S2-. The van der Waals surface area contributed by atoms with Gasteiger partial charge in [-0.05, 0) is 11.8 Å². The van der Waals surface area contributed by atoms with Crippen molar-refractivity contribution in [1.29, 1.82) is 0 Å². The van der Waals surface area contributed by atoms with Crippen LogP contribution in [0.1, 0.15) is 12.5 Å². The number of nitrogens with zero attached hydrogens (tertiary/aromatic N) is 8. The molecule has 10 atom stereocenters. The van der Waals surface area contributed by atoms with Crippen molar-refractivity contribution in [1.82, 2.24) is 39.0 Å². The summed E-state index contributed by atoms with van der Waals surface area (Å²) in [5.41, 5.74) is 12.3. The molecule has 3 fully saturated rings. The number of hydrogen-bond acceptors (Lipinski definition) is 17. The highest BCUT2D eigenvalue weighted by atomic mass is 32.7. The zero-order valence-electron chi connectivity index (χ0n) is 21.8. The van der Waals surface area contributed by atoms with Crippen LogP contribution in [0.4, 0.5) is 20.4 Å². The van der Waals surface area contributed by atoms with E-state index in [0.717, 1.165) is 12.7 Å². The summed E-state index contributed by atoms with van der Waals surface area (Å²) in [6.45, 7) is -10.0. The van der Waals surface area contributed by atoms with Crippen LogP contribution in [0.2, 0.25) is 0 Å². The lowest BCUT2D eigenvalue weighted by Gasteiger charge is -2.33. The molecule has 0 saturated carbocycles. The molecule has 5 N–H and O–H groups in total. The molecule has 0 aliphatic carbocycles. The molecule has 0 spiro atoms. The molecule has 24 heteroatoms. The van der Waals surface area contributed by atoms with Crippen LogP contribution in [0.5, 0.6) is 0 Å². The topological polar surface area (TPSA) is 232 Å². The van der Waals surface area contributed by atoms with E-state index in [0.29, 0.717) is 0 Å². The summed E-state index contributed by atoms with van der Waals surface area (Å²) in [5.74, 6) is 0.103. The first-order chi connectivity index (χ1) is 20.9. The highest BCUT2D eigenvalue weighted by Crippen LogP contribution is 2.55. The Morgan fingerprint density at radius 2 is 1.32 bits per heavy atom. The molecule has 3 aliphatic rings. The minimum Gasteiger partial charge on any atom is -0.660 e. The Balaban J connectivity index is 1.17. The molecule has 0 radical (unpaired) electrons. The molecule has 0 aromatic carbocycles. The number of ether oxygens (including phenoxy) is 2. The van der Waals surface area contributed by atoms with E-state index in [9.17, 15) is 9.46 Å². The summed E-state index contributed by atoms with van der Waals surface area (Å²) in [7, 11) is 0. The van der Waals surface area contributed by atoms with Gasteiger partial charge in [0, 0.05) is 0 Å². The van der Waals surface area contributed by atoms with Crippen LogP contribution in [0, 0.1) is 0 Å². The largest absolute Gasteiger partial charge is 0.660 e. The predicted octanol–water partition coefficient (Wildman–Crippen LogP) is 0.991. The van der Waals surface area contributed by atoms with Gasteiger partial charge in [-0.3, -0.25) is 18.2 Å². The van der Waals surface area contributed by atoms with Crippen LogP contribution in [-0.2, 0) is 56.2 Å². The van der Waals surface area contributed by atoms with Crippen LogP contribution >= 0.6 is 13.5 Å². The van der Waals surface area contributed by atoms with Crippen LogP contribution in [-0.4, -0.2) is 93.9 Å². The first-order valence-electron chi connectivity index (χ1n) is 12.7. The molecular weight excluding hydrogens is 672 g/mol. The van der Waals surface area contributed by atoms with E-state index in [2.05, 4.69) is 29.9 Å². The molecule has 44 heavy (non-hydrogen) atoms. The molecule has 7 heterocycles. The molecule has 0 bridgehead atoms. The van der Waals surface area contributed by atoms with Gasteiger partial charge in [-0.1, -0.05) is 0 Å². The van der Waals surface area contributed by atoms with Crippen molar-refractivity contribution in [2.75, 3.05) is 24.7 Å². The lowest BCUT2D eigenvalue weighted by atomic mass is 10.1. The van der Waals surface area contributed by atoms with Gasteiger partial charge in [0.1, 0.15) is 48.1 Å². The van der Waals surface area contributed by atoms with E-state index >= 15 is 8.78 Å². The maximum Gasteiger partial charge on any atom is 0.325 e. The Kier molecular flexibility index (Phi) is 7.61. The van der Waals surface area contributed by atoms with Crippen molar-refractivity contribution >= 4 is 71.5 Å². The van der Waals surface area contributed by atoms with E-state index in [4.69, 9.17) is 63.1 Å². The summed E-state index contributed by atoms with van der Waals surface area (Å²) < 4.78 is 81.1. The van der Waals surface area contributed by atoms with E-state index in [-0.39, 0.29) is 34.0 Å². The Hall–Kier alpha value is -2.49. The highest BCUT2D eigenvalue weighted by molar-refractivity contribution is 8.32. The van der Waals surface area contributed by atoms with E-state index in [1.54, 1.807) is 0 Å². The van der Waals surface area contributed by atoms with Crippen LogP contribution in [0.15, 0.2) is 25.3 Å². The van der Waals surface area contributed by atoms with Crippen molar-refractivity contribution in [3.63, 3.8) is 0 Å². The summed E-state index contributed by atoms with van der Waals surface area (Å²) in [4.78, 5) is 35.0. The van der Waals surface area contributed by atoms with Gasteiger partial charge in [-0.25, -0.2) is 38.7 Å². The SMILES string of the molecule is Nc1ncnc2c1ncn2[C@@H]1O[C@@H]2COP(O)(=S)O[C@H]3[C@@H](F)[C@H](n4cnc5c(N)ncnc54)O[C@@H]3COP(=O)([S-])O[C@H]2[C@H]1F. The molecule has 4 aromatic heterocycles. The summed E-state index contributed by atoms with van der Waals surface area (Å²) in [6.07, 6.45) is -8.08. The van der Waals surface area contributed by atoms with Gasteiger partial charge < -0.3 is 51.7 Å². The molecule has 2 unspecified atom stereocenters. The first kappa shape index (κ1) is 30.2. The van der Waals surface area contributed by atoms with Crippen molar-refractivity contribution in [3.8, 4) is 0 Å². The number of anilines is 2. The normalized spacial score (nSPS) is 38.3. The zero-order valence-corrected chi connectivity index (χ0v) is 25.3. The summed E-state index contributed by atoms with van der Waals surface area (Å²) in [5, 5.41) is 0. The van der Waals surface area contributed by atoms with Crippen molar-refractivity contribution in [3.05, 3.63) is 25.3 Å². The van der Waals surface area contributed by atoms with Crippen LogP contribution in [0.3, 0.4) is 0 Å². The fourth-order valence-electron chi connectivity index (χ4n) is 5.16. The Morgan fingerprint density at radius 1 is 0.841 bits per heavy atom. The molecule has 4 aromatic rings. The fourth-order valence-corrected chi connectivity index (χ4v) is 8.02. The van der Waals surface area contributed by atoms with E-state index in [1.807, 2.05) is 0 Å². The van der Waals surface area contributed by atoms with Crippen LogP contribution in [0.25, 0.3) is 22.3 Å². The number of hydrogen-bond donors (Lipinski definition) is 3. The van der Waals surface area contributed by atoms with E-state index in [1.165, 1.54) is 21.8 Å². The Morgan fingerprint density at radius 3 is 1.84 bits per heavy atom. The standard InChI is InChI=1S/C20H22F2N10O8P2S2/c21-9-13-7(37-19(9)31-5-29-11-15(23)25-3-27-17(11)31)1-35-41(33,43)40-14-8(2-36-42(34,44)39-13)38-20(10(14)22)32-6-30-12-16(24)26-4-28-18(12)32/h3-10,13-14,19-20H,1-2H2,(H,33,43)(H,34,44)(H2,23,25,27)(H2,24,26,28)/p-1/t7-,8-,9-,10-,13-,14-,19-,20-,41?,42?/m1/s1. The van der Waals surface area contributed by atoms with Gasteiger partial charge in [-0.15, -0.1) is 0 Å². The van der Waals surface area contributed by atoms with Crippen LogP contribution < -0.4 is 11.5 Å². The average molecular weight is 694 g/mol. The molecule has 3 saturated heterocycles. The summed E-state index contributed by atoms with van der Waals surface area (Å²) in [6, 6.07) is 0.